The number of carbonyl (C=O) groups is 1. The summed E-state index contributed by atoms with van der Waals surface area (Å²) in [6, 6.07) is 0. The summed E-state index contributed by atoms with van der Waals surface area (Å²) in [5, 5.41) is 8.52. The van der Waals surface area contributed by atoms with Gasteiger partial charge in [0.05, 0.1) is 0 Å². The minimum absolute atomic E-state index is 0. The summed E-state index contributed by atoms with van der Waals surface area (Å²) >= 11 is 0. The van der Waals surface area contributed by atoms with Gasteiger partial charge in [-0.15, -0.1) is 0 Å². The molecule has 0 atom stereocenters. The number of carboxylic acids is 1. The zero-order valence-corrected chi connectivity index (χ0v) is 19.8. The molecule has 0 amide bonds. The molecule has 0 aliphatic carbocycles. The number of rotatable bonds is 16. The molecule has 0 rings (SSSR count). The van der Waals surface area contributed by atoms with Crippen LogP contribution in [0.2, 0.25) is 0 Å². The standard InChI is InChI=1S/C18H36O2.Al.Mg.5H2O/c1-2-3-4-5-6-7-8-9-10-11-12-13-14-15-16-17-18(19)20;;;;;;;/h2-17H2,1H3,(H,19,20);;;5*1H2/q;+3;+2;;;;;/p-5. The fourth-order valence-electron chi connectivity index (χ4n) is 2.65. The van der Waals surface area contributed by atoms with Gasteiger partial charge in [-0.25, -0.2) is 0 Å². The Hall–Kier alpha value is 0.569. The summed E-state index contributed by atoms with van der Waals surface area (Å²) < 4.78 is 0. The second kappa shape index (κ2) is 45.4. The van der Waals surface area contributed by atoms with Crippen LogP contribution in [0.4, 0.5) is 0 Å². The summed E-state index contributed by atoms with van der Waals surface area (Å²) in [6.07, 6.45) is 20.2. The van der Waals surface area contributed by atoms with Crippen LogP contribution >= 0.6 is 0 Å². The second-order valence-corrected chi connectivity index (χ2v) is 6.09. The Labute approximate surface area is 192 Å². The first-order chi connectivity index (χ1) is 9.77. The van der Waals surface area contributed by atoms with E-state index in [2.05, 4.69) is 6.92 Å². The quantitative estimate of drug-likeness (QED) is 0.276. The van der Waals surface area contributed by atoms with E-state index in [1.807, 2.05) is 0 Å². The van der Waals surface area contributed by atoms with Crippen LogP contribution in [0.25, 0.3) is 0 Å². The topological polar surface area (TPSA) is 187 Å². The van der Waals surface area contributed by atoms with Gasteiger partial charge < -0.3 is 32.5 Å². The largest absolute Gasteiger partial charge is 3.00 e. The number of carboxylic acid groups (broad SMARTS) is 1. The SMILES string of the molecule is CCCCCCCCCCCCCCCCCC(=O)O.[Al+3].[Mg+2].[OH-].[OH-].[OH-].[OH-].[OH-]. The normalized spacial score (nSPS) is 8.04. The van der Waals surface area contributed by atoms with Gasteiger partial charge in [0.25, 0.3) is 0 Å². The first-order valence-electron chi connectivity index (χ1n) is 8.99. The molecule has 0 saturated carbocycles. The van der Waals surface area contributed by atoms with E-state index in [4.69, 9.17) is 5.11 Å². The van der Waals surface area contributed by atoms with E-state index >= 15 is 0 Å². The van der Waals surface area contributed by atoms with Crippen molar-refractivity contribution in [3.63, 3.8) is 0 Å². The van der Waals surface area contributed by atoms with Crippen molar-refractivity contribution in [2.24, 2.45) is 0 Å². The maximum atomic E-state index is 10.3. The Morgan fingerprint density at radius 3 is 1.00 bits per heavy atom. The molecule has 9 heteroatoms. The predicted molar refractivity (Wildman–Crippen MR) is 108 cm³/mol. The molecule has 0 aromatic heterocycles. The molecule has 0 fully saturated rings. The third-order valence-electron chi connectivity index (χ3n) is 3.99. The van der Waals surface area contributed by atoms with Crippen LogP contribution in [-0.4, -0.2) is 78.9 Å². The van der Waals surface area contributed by atoms with Gasteiger partial charge in [-0.3, -0.25) is 4.79 Å². The van der Waals surface area contributed by atoms with Gasteiger partial charge in [0.1, 0.15) is 0 Å². The molecule has 6 N–H and O–H groups in total. The molecule has 0 heterocycles. The average Bonchev–Trinajstić information content (AvgIpc) is 2.43. The molecule has 0 aromatic rings. The number of hydrogen-bond acceptors (Lipinski definition) is 6. The van der Waals surface area contributed by atoms with Crippen molar-refractivity contribution in [1.82, 2.24) is 0 Å². The van der Waals surface area contributed by atoms with Gasteiger partial charge >= 0.3 is 46.4 Å². The predicted octanol–water partition coefficient (Wildman–Crippen LogP) is 4.69. The van der Waals surface area contributed by atoms with Crippen molar-refractivity contribution < 1.29 is 37.3 Å². The van der Waals surface area contributed by atoms with Crippen LogP contribution in [0.3, 0.4) is 0 Å². The molecule has 160 valence electrons. The van der Waals surface area contributed by atoms with E-state index in [9.17, 15) is 4.79 Å². The molecular formula is C18H41AlMgO7. The van der Waals surface area contributed by atoms with E-state index in [-0.39, 0.29) is 67.8 Å². The van der Waals surface area contributed by atoms with Crippen LogP contribution in [0.1, 0.15) is 110 Å². The van der Waals surface area contributed by atoms with Crippen molar-refractivity contribution in [3.05, 3.63) is 0 Å². The smallest absolute Gasteiger partial charge is 0.870 e. The number of hydrogen-bond donors (Lipinski definition) is 1. The first kappa shape index (κ1) is 50.8. The first-order valence-corrected chi connectivity index (χ1v) is 8.99. The fraction of sp³-hybridized carbons (Fsp3) is 0.944. The Balaban J connectivity index is -0.0000000860. The fourth-order valence-corrected chi connectivity index (χ4v) is 2.65. The Morgan fingerprint density at radius 2 is 0.778 bits per heavy atom. The third kappa shape index (κ3) is 52.0. The molecule has 0 radical (unpaired) electrons. The van der Waals surface area contributed by atoms with Crippen LogP contribution in [0.15, 0.2) is 0 Å². The molecule has 0 unspecified atom stereocenters. The molecule has 0 saturated heterocycles. The summed E-state index contributed by atoms with van der Waals surface area (Å²) in [6.45, 7) is 2.27. The molecule has 0 aliphatic heterocycles. The van der Waals surface area contributed by atoms with Gasteiger partial charge in [0.15, 0.2) is 0 Å². The van der Waals surface area contributed by atoms with Crippen molar-refractivity contribution >= 4 is 46.4 Å². The third-order valence-corrected chi connectivity index (χ3v) is 3.99. The molecule has 0 spiro atoms. The van der Waals surface area contributed by atoms with Gasteiger partial charge in [-0.1, -0.05) is 96.8 Å². The van der Waals surface area contributed by atoms with Gasteiger partial charge in [0.2, 0.25) is 0 Å². The number of aliphatic carboxylic acids is 1. The van der Waals surface area contributed by atoms with Crippen LogP contribution in [0.5, 0.6) is 0 Å². The molecule has 0 aromatic carbocycles. The van der Waals surface area contributed by atoms with E-state index in [1.165, 1.54) is 83.5 Å². The maximum Gasteiger partial charge on any atom is 3.00 e. The van der Waals surface area contributed by atoms with Crippen molar-refractivity contribution in [3.8, 4) is 0 Å². The maximum absolute atomic E-state index is 10.3. The van der Waals surface area contributed by atoms with Crippen LogP contribution in [-0.2, 0) is 4.79 Å². The van der Waals surface area contributed by atoms with Crippen molar-refractivity contribution in [1.29, 1.82) is 0 Å². The number of unbranched alkanes of at least 4 members (excludes halogenated alkanes) is 14. The van der Waals surface area contributed by atoms with E-state index in [0.717, 1.165) is 12.8 Å². The summed E-state index contributed by atoms with van der Waals surface area (Å²) in [5.41, 5.74) is 0. The van der Waals surface area contributed by atoms with Gasteiger partial charge in [0, 0.05) is 6.42 Å². The summed E-state index contributed by atoms with van der Waals surface area (Å²) in [4.78, 5) is 10.3. The van der Waals surface area contributed by atoms with E-state index in [0.29, 0.717) is 6.42 Å². The van der Waals surface area contributed by atoms with Gasteiger partial charge in [-0.05, 0) is 6.42 Å². The Morgan fingerprint density at radius 1 is 0.556 bits per heavy atom. The second-order valence-electron chi connectivity index (χ2n) is 6.09. The van der Waals surface area contributed by atoms with Crippen LogP contribution < -0.4 is 0 Å². The minimum atomic E-state index is -0.653. The average molecular weight is 421 g/mol. The van der Waals surface area contributed by atoms with Crippen molar-refractivity contribution in [2.45, 2.75) is 110 Å². The molecule has 0 aliphatic rings. The van der Waals surface area contributed by atoms with E-state index < -0.39 is 5.97 Å². The van der Waals surface area contributed by atoms with Gasteiger partial charge in [-0.2, -0.15) is 0 Å². The zero-order valence-electron chi connectivity index (χ0n) is 17.2. The molecule has 0 bridgehead atoms. The molecule has 27 heavy (non-hydrogen) atoms. The van der Waals surface area contributed by atoms with E-state index in [1.54, 1.807) is 0 Å². The van der Waals surface area contributed by atoms with Crippen LogP contribution in [0, 0.1) is 0 Å². The minimum Gasteiger partial charge on any atom is -0.870 e. The summed E-state index contributed by atoms with van der Waals surface area (Å²) in [5.74, 6) is -0.653. The zero-order chi connectivity index (χ0) is 14.9. The Bertz CT molecular complexity index is 226. The summed E-state index contributed by atoms with van der Waals surface area (Å²) in [7, 11) is 0. The molecule has 7 nitrogen and oxygen atoms in total. The van der Waals surface area contributed by atoms with Crippen molar-refractivity contribution in [2.75, 3.05) is 0 Å². The molecular weight excluding hydrogens is 379 g/mol. The monoisotopic (exact) mass is 420 g/mol. The Kier molecular flexibility index (Phi) is 85.4.